The lowest BCUT2D eigenvalue weighted by molar-refractivity contribution is -0.112. The van der Waals surface area contributed by atoms with Gasteiger partial charge in [-0.05, 0) is 80.1 Å². The molecule has 3 aromatic rings. The van der Waals surface area contributed by atoms with Crippen molar-refractivity contribution in [2.45, 2.75) is 18.7 Å². The molecule has 9 heteroatoms. The maximum atomic E-state index is 12.5. The molecule has 0 saturated heterocycles. The number of hydrogen-bond donors (Lipinski definition) is 3. The van der Waals surface area contributed by atoms with E-state index >= 15 is 0 Å². The number of carbonyl (C=O) groups is 1. The molecule has 0 aliphatic heterocycles. The fraction of sp³-hybridized carbons (Fsp3) is 0.0909. The molecule has 0 aliphatic carbocycles. The van der Waals surface area contributed by atoms with E-state index in [2.05, 4.69) is 5.32 Å². The van der Waals surface area contributed by atoms with E-state index < -0.39 is 15.9 Å². The van der Waals surface area contributed by atoms with Crippen LogP contribution in [-0.2, 0) is 14.8 Å². The highest BCUT2D eigenvalue weighted by Crippen LogP contribution is 2.24. The third-order valence-corrected chi connectivity index (χ3v) is 5.61. The van der Waals surface area contributed by atoms with Crippen molar-refractivity contribution in [2.75, 3.05) is 5.32 Å². The van der Waals surface area contributed by atoms with Crippen LogP contribution in [0.4, 0.5) is 5.69 Å². The summed E-state index contributed by atoms with van der Waals surface area (Å²) < 4.78 is 24.8. The van der Waals surface area contributed by atoms with Crippen LogP contribution in [0.2, 0.25) is 0 Å². The van der Waals surface area contributed by atoms with Gasteiger partial charge in [-0.3, -0.25) is 4.79 Å². The number of nitrogens with one attached hydrogen (secondary N) is 1. The molecule has 1 aromatic heterocycles. The zero-order chi connectivity index (χ0) is 22.8. The summed E-state index contributed by atoms with van der Waals surface area (Å²) in [4.78, 5) is 12.5. The minimum absolute atomic E-state index is 0.0106. The molecule has 2 aromatic carbocycles. The Labute approximate surface area is 179 Å². The lowest BCUT2D eigenvalue weighted by atomic mass is 10.1. The molecule has 0 unspecified atom stereocenters. The Morgan fingerprint density at radius 3 is 2.29 bits per heavy atom. The number of phenols is 1. The standard InChI is InChI=1S/C22H20N4O4S/c1-14-11-16(12-17(13-23)22(28)25-18-3-7-20(27)8-4-18)15(2)26(14)19-5-9-21(10-6-19)31(24,29)30/h3-12,27H,1-2H3,(H,25,28)(H2,24,29,30). The van der Waals surface area contributed by atoms with E-state index in [-0.39, 0.29) is 16.2 Å². The Bertz CT molecular complexity index is 1310. The molecule has 8 nitrogen and oxygen atoms in total. The minimum atomic E-state index is -3.79. The molecular weight excluding hydrogens is 416 g/mol. The van der Waals surface area contributed by atoms with E-state index in [4.69, 9.17) is 5.14 Å². The molecule has 1 heterocycles. The number of phenolic OH excluding ortho intramolecular Hbond substituents is 1. The Balaban J connectivity index is 1.92. The highest BCUT2D eigenvalue weighted by atomic mass is 32.2. The fourth-order valence-corrected chi connectivity index (χ4v) is 3.68. The first kappa shape index (κ1) is 21.8. The van der Waals surface area contributed by atoms with Gasteiger partial charge in [0.25, 0.3) is 5.91 Å². The Morgan fingerprint density at radius 1 is 1.13 bits per heavy atom. The number of benzene rings is 2. The van der Waals surface area contributed by atoms with Crippen molar-refractivity contribution in [3.05, 3.63) is 77.1 Å². The fourth-order valence-electron chi connectivity index (χ4n) is 3.16. The summed E-state index contributed by atoms with van der Waals surface area (Å²) in [6.45, 7) is 3.69. The molecule has 0 atom stereocenters. The van der Waals surface area contributed by atoms with Gasteiger partial charge in [-0.1, -0.05) is 0 Å². The summed E-state index contributed by atoms with van der Waals surface area (Å²) in [5.41, 5.74) is 3.36. The van der Waals surface area contributed by atoms with Gasteiger partial charge in [0.2, 0.25) is 10.0 Å². The molecule has 158 valence electrons. The van der Waals surface area contributed by atoms with E-state index in [1.165, 1.54) is 42.5 Å². The summed E-state index contributed by atoms with van der Waals surface area (Å²) in [7, 11) is -3.79. The molecule has 0 radical (unpaired) electrons. The van der Waals surface area contributed by atoms with Gasteiger partial charge in [0.05, 0.1) is 4.90 Å². The normalized spacial score (nSPS) is 11.7. The number of primary sulfonamides is 1. The van der Waals surface area contributed by atoms with E-state index in [0.717, 1.165) is 11.4 Å². The zero-order valence-corrected chi connectivity index (χ0v) is 17.6. The van der Waals surface area contributed by atoms with Gasteiger partial charge in [0.15, 0.2) is 0 Å². The van der Waals surface area contributed by atoms with Crippen LogP contribution in [0.5, 0.6) is 5.75 Å². The van der Waals surface area contributed by atoms with Crippen molar-refractivity contribution in [1.82, 2.24) is 4.57 Å². The third kappa shape index (κ3) is 4.83. The number of aromatic nitrogens is 1. The maximum absolute atomic E-state index is 12.5. The first-order valence-corrected chi connectivity index (χ1v) is 10.7. The number of aromatic hydroxyl groups is 1. The topological polar surface area (TPSA) is 138 Å². The zero-order valence-electron chi connectivity index (χ0n) is 16.8. The predicted octanol–water partition coefficient (Wildman–Crippen LogP) is 2.99. The number of nitriles is 1. The van der Waals surface area contributed by atoms with Crippen LogP contribution < -0.4 is 10.5 Å². The van der Waals surface area contributed by atoms with Gasteiger partial charge in [-0.25, -0.2) is 13.6 Å². The minimum Gasteiger partial charge on any atom is -0.508 e. The molecule has 1 amide bonds. The van der Waals surface area contributed by atoms with Gasteiger partial charge in [0, 0.05) is 22.8 Å². The predicted molar refractivity (Wildman–Crippen MR) is 117 cm³/mol. The summed E-state index contributed by atoms with van der Waals surface area (Å²) in [6.07, 6.45) is 1.49. The van der Waals surface area contributed by atoms with Crippen molar-refractivity contribution in [1.29, 1.82) is 5.26 Å². The van der Waals surface area contributed by atoms with Crippen LogP contribution in [0.25, 0.3) is 11.8 Å². The Kier molecular flexibility index (Phi) is 5.97. The highest BCUT2D eigenvalue weighted by Gasteiger charge is 2.15. The number of nitrogens with zero attached hydrogens (tertiary/aromatic N) is 2. The number of amides is 1. The van der Waals surface area contributed by atoms with Crippen LogP contribution in [0.3, 0.4) is 0 Å². The van der Waals surface area contributed by atoms with Crippen LogP contribution >= 0.6 is 0 Å². The van der Waals surface area contributed by atoms with E-state index in [9.17, 15) is 23.6 Å². The number of nitrogens with two attached hydrogens (primary N) is 1. The van der Waals surface area contributed by atoms with E-state index in [1.807, 2.05) is 30.6 Å². The summed E-state index contributed by atoms with van der Waals surface area (Å²) in [6, 6.07) is 15.8. The molecular formula is C22H20N4O4S. The average molecular weight is 436 g/mol. The van der Waals surface area contributed by atoms with Crippen molar-refractivity contribution in [3.63, 3.8) is 0 Å². The largest absolute Gasteiger partial charge is 0.508 e. The Hall–Kier alpha value is -3.87. The van der Waals surface area contributed by atoms with Crippen molar-refractivity contribution >= 4 is 27.7 Å². The van der Waals surface area contributed by atoms with E-state index in [0.29, 0.717) is 16.9 Å². The first-order chi connectivity index (χ1) is 14.6. The molecule has 31 heavy (non-hydrogen) atoms. The van der Waals surface area contributed by atoms with Gasteiger partial charge in [-0.15, -0.1) is 0 Å². The van der Waals surface area contributed by atoms with Crippen molar-refractivity contribution < 1.29 is 18.3 Å². The number of sulfonamides is 1. The molecule has 0 fully saturated rings. The molecule has 4 N–H and O–H groups in total. The number of carbonyl (C=O) groups excluding carboxylic acids is 1. The molecule has 0 saturated carbocycles. The maximum Gasteiger partial charge on any atom is 0.266 e. The van der Waals surface area contributed by atoms with Crippen molar-refractivity contribution in [3.8, 4) is 17.5 Å². The SMILES string of the molecule is Cc1cc(C=C(C#N)C(=O)Nc2ccc(O)cc2)c(C)n1-c1ccc(S(N)(=O)=O)cc1. The highest BCUT2D eigenvalue weighted by molar-refractivity contribution is 7.89. The monoisotopic (exact) mass is 436 g/mol. The summed E-state index contributed by atoms with van der Waals surface area (Å²) >= 11 is 0. The van der Waals surface area contributed by atoms with Crippen LogP contribution in [-0.4, -0.2) is 24.0 Å². The lowest BCUT2D eigenvalue weighted by Crippen LogP contribution is -2.13. The van der Waals surface area contributed by atoms with Crippen LogP contribution in [0.15, 0.2) is 65.1 Å². The number of hydrogen-bond acceptors (Lipinski definition) is 5. The smallest absolute Gasteiger partial charge is 0.266 e. The van der Waals surface area contributed by atoms with Crippen LogP contribution in [0, 0.1) is 25.2 Å². The second-order valence-corrected chi connectivity index (χ2v) is 8.43. The van der Waals surface area contributed by atoms with Gasteiger partial charge < -0.3 is 15.0 Å². The van der Waals surface area contributed by atoms with Gasteiger partial charge in [0.1, 0.15) is 17.4 Å². The number of anilines is 1. The number of rotatable bonds is 5. The average Bonchev–Trinajstić information content (AvgIpc) is 3.00. The molecule has 0 bridgehead atoms. The lowest BCUT2D eigenvalue weighted by Gasteiger charge is -2.10. The van der Waals surface area contributed by atoms with Crippen LogP contribution in [0.1, 0.15) is 17.0 Å². The number of aryl methyl sites for hydroxylation is 1. The summed E-state index contributed by atoms with van der Waals surface area (Å²) in [5.74, 6) is -0.505. The van der Waals surface area contributed by atoms with E-state index in [1.54, 1.807) is 12.1 Å². The molecule has 0 aliphatic rings. The first-order valence-electron chi connectivity index (χ1n) is 9.14. The van der Waals surface area contributed by atoms with Gasteiger partial charge in [-0.2, -0.15) is 5.26 Å². The third-order valence-electron chi connectivity index (χ3n) is 4.68. The van der Waals surface area contributed by atoms with Crippen molar-refractivity contribution in [2.24, 2.45) is 5.14 Å². The Morgan fingerprint density at radius 2 is 1.74 bits per heavy atom. The quantitative estimate of drug-likeness (QED) is 0.321. The summed E-state index contributed by atoms with van der Waals surface area (Å²) in [5, 5.41) is 26.6. The second-order valence-electron chi connectivity index (χ2n) is 6.87. The molecule has 0 spiro atoms. The second kappa shape index (κ2) is 8.47. The molecule has 3 rings (SSSR count). The van der Waals surface area contributed by atoms with Gasteiger partial charge >= 0.3 is 0 Å².